The van der Waals surface area contributed by atoms with E-state index in [4.69, 9.17) is 15.2 Å². The zero-order chi connectivity index (χ0) is 22.1. The molecule has 0 spiro atoms. The van der Waals surface area contributed by atoms with Crippen molar-refractivity contribution in [1.29, 1.82) is 0 Å². The average Bonchev–Trinajstić information content (AvgIpc) is 2.76. The SMILES string of the molecule is COc1cc(CCN(CC(N)=O)Cc2ccccc2)ccc1OCc1cccc(F)c1. The number of nitrogens with zero attached hydrogens (tertiary/aromatic N) is 1. The van der Waals surface area contributed by atoms with Gasteiger partial charge in [0.25, 0.3) is 0 Å². The summed E-state index contributed by atoms with van der Waals surface area (Å²) in [4.78, 5) is 13.5. The van der Waals surface area contributed by atoms with Gasteiger partial charge in [0, 0.05) is 13.1 Å². The topological polar surface area (TPSA) is 64.8 Å². The summed E-state index contributed by atoms with van der Waals surface area (Å²) in [5.41, 5.74) is 8.36. The van der Waals surface area contributed by atoms with E-state index in [0.29, 0.717) is 24.6 Å². The van der Waals surface area contributed by atoms with Crippen LogP contribution in [-0.2, 0) is 24.4 Å². The Hall–Kier alpha value is -3.38. The molecule has 0 fully saturated rings. The van der Waals surface area contributed by atoms with Gasteiger partial charge in [0.2, 0.25) is 5.91 Å². The molecule has 162 valence electrons. The summed E-state index contributed by atoms with van der Waals surface area (Å²) in [6, 6.07) is 22.0. The largest absolute Gasteiger partial charge is 0.493 e. The Morgan fingerprint density at radius 1 is 0.935 bits per heavy atom. The maximum atomic E-state index is 13.3. The molecule has 0 atom stereocenters. The van der Waals surface area contributed by atoms with Crippen molar-refractivity contribution in [2.75, 3.05) is 20.2 Å². The van der Waals surface area contributed by atoms with Crippen molar-refractivity contribution in [1.82, 2.24) is 4.90 Å². The van der Waals surface area contributed by atoms with Crippen LogP contribution in [0.15, 0.2) is 72.8 Å². The lowest BCUT2D eigenvalue weighted by Gasteiger charge is -2.21. The molecule has 0 saturated carbocycles. The van der Waals surface area contributed by atoms with E-state index in [2.05, 4.69) is 0 Å². The number of rotatable bonds is 11. The van der Waals surface area contributed by atoms with E-state index in [1.165, 1.54) is 12.1 Å². The Kier molecular flexibility index (Phi) is 8.01. The Morgan fingerprint density at radius 2 is 1.71 bits per heavy atom. The van der Waals surface area contributed by atoms with E-state index in [0.717, 1.165) is 23.1 Å². The summed E-state index contributed by atoms with van der Waals surface area (Å²) in [5, 5.41) is 0. The van der Waals surface area contributed by atoms with Gasteiger partial charge in [-0.2, -0.15) is 0 Å². The number of carbonyl (C=O) groups excluding carboxylic acids is 1. The quantitative estimate of drug-likeness (QED) is 0.508. The molecule has 1 amide bonds. The molecule has 0 unspecified atom stereocenters. The summed E-state index contributed by atoms with van der Waals surface area (Å²) in [6.45, 7) is 1.76. The minimum absolute atomic E-state index is 0.195. The van der Waals surface area contributed by atoms with Gasteiger partial charge in [0.1, 0.15) is 12.4 Å². The molecule has 0 radical (unpaired) electrons. The molecule has 0 saturated heterocycles. The van der Waals surface area contributed by atoms with Crippen LogP contribution in [0.3, 0.4) is 0 Å². The van der Waals surface area contributed by atoms with E-state index in [1.54, 1.807) is 13.2 Å². The predicted octanol–water partition coefficient (Wildman–Crippen LogP) is 3.94. The summed E-state index contributed by atoms with van der Waals surface area (Å²) >= 11 is 0. The molecule has 5 nitrogen and oxygen atoms in total. The number of halogens is 1. The second-order valence-corrected chi connectivity index (χ2v) is 7.32. The highest BCUT2D eigenvalue weighted by Gasteiger charge is 2.11. The minimum Gasteiger partial charge on any atom is -0.493 e. The van der Waals surface area contributed by atoms with Crippen molar-refractivity contribution in [2.45, 2.75) is 19.6 Å². The fourth-order valence-electron chi connectivity index (χ4n) is 3.34. The van der Waals surface area contributed by atoms with Crippen LogP contribution in [0.5, 0.6) is 11.5 Å². The van der Waals surface area contributed by atoms with Gasteiger partial charge < -0.3 is 15.2 Å². The van der Waals surface area contributed by atoms with E-state index in [-0.39, 0.29) is 24.9 Å². The summed E-state index contributed by atoms with van der Waals surface area (Å²) in [6.07, 6.45) is 0.723. The minimum atomic E-state index is -0.352. The van der Waals surface area contributed by atoms with Crippen LogP contribution in [0.4, 0.5) is 4.39 Å². The summed E-state index contributed by atoms with van der Waals surface area (Å²) in [5.74, 6) is 0.557. The molecule has 0 aliphatic heterocycles. The molecule has 3 rings (SSSR count). The first-order valence-corrected chi connectivity index (χ1v) is 10.1. The average molecular weight is 423 g/mol. The smallest absolute Gasteiger partial charge is 0.231 e. The number of primary amides is 1. The molecule has 31 heavy (non-hydrogen) atoms. The molecule has 3 aromatic rings. The molecule has 0 bridgehead atoms. The molecule has 0 aliphatic carbocycles. The van der Waals surface area contributed by atoms with Crippen LogP contribution in [0.25, 0.3) is 0 Å². The maximum absolute atomic E-state index is 13.3. The number of benzene rings is 3. The number of nitrogens with two attached hydrogens (primary N) is 1. The van der Waals surface area contributed by atoms with Crippen molar-refractivity contribution in [3.63, 3.8) is 0 Å². The van der Waals surface area contributed by atoms with Crippen molar-refractivity contribution in [2.24, 2.45) is 5.73 Å². The fraction of sp³-hybridized carbons (Fsp3) is 0.240. The van der Waals surface area contributed by atoms with Gasteiger partial charge in [-0.3, -0.25) is 9.69 Å². The highest BCUT2D eigenvalue weighted by Crippen LogP contribution is 2.29. The highest BCUT2D eigenvalue weighted by atomic mass is 19.1. The van der Waals surface area contributed by atoms with E-state index >= 15 is 0 Å². The van der Waals surface area contributed by atoms with Gasteiger partial charge in [-0.05, 0) is 47.4 Å². The highest BCUT2D eigenvalue weighted by molar-refractivity contribution is 5.75. The van der Waals surface area contributed by atoms with Gasteiger partial charge in [-0.1, -0.05) is 48.5 Å². The Labute approximate surface area is 182 Å². The standard InChI is InChI=1S/C25H27FN2O3/c1-30-24-15-19(10-11-23(24)31-18-21-8-5-9-22(26)14-21)12-13-28(17-25(27)29)16-20-6-3-2-4-7-20/h2-11,14-15H,12-13,16-18H2,1H3,(H2,27,29). The van der Waals surface area contributed by atoms with Crippen LogP contribution in [-0.4, -0.2) is 31.0 Å². The fourth-order valence-corrected chi connectivity index (χ4v) is 3.34. The van der Waals surface area contributed by atoms with Gasteiger partial charge in [0.15, 0.2) is 11.5 Å². The molecule has 6 heteroatoms. The third-order valence-electron chi connectivity index (χ3n) is 4.86. The normalized spacial score (nSPS) is 10.8. The van der Waals surface area contributed by atoms with Crippen LogP contribution in [0.1, 0.15) is 16.7 Å². The zero-order valence-electron chi connectivity index (χ0n) is 17.6. The van der Waals surface area contributed by atoms with Crippen molar-refractivity contribution in [3.05, 3.63) is 95.3 Å². The Bertz CT molecular complexity index is 995. The van der Waals surface area contributed by atoms with Crippen molar-refractivity contribution < 1.29 is 18.7 Å². The third-order valence-corrected chi connectivity index (χ3v) is 4.86. The van der Waals surface area contributed by atoms with E-state index in [9.17, 15) is 9.18 Å². The van der Waals surface area contributed by atoms with Gasteiger partial charge in [-0.15, -0.1) is 0 Å². The predicted molar refractivity (Wildman–Crippen MR) is 118 cm³/mol. The first-order chi connectivity index (χ1) is 15.0. The second-order valence-electron chi connectivity index (χ2n) is 7.32. The number of hydrogen-bond acceptors (Lipinski definition) is 4. The number of carbonyl (C=O) groups is 1. The molecular weight excluding hydrogens is 395 g/mol. The molecule has 0 aliphatic rings. The lowest BCUT2D eigenvalue weighted by molar-refractivity contribution is -0.119. The molecule has 0 aromatic heterocycles. The number of hydrogen-bond donors (Lipinski definition) is 1. The van der Waals surface area contributed by atoms with Crippen LogP contribution in [0.2, 0.25) is 0 Å². The number of methoxy groups -OCH3 is 1. The van der Waals surface area contributed by atoms with E-state index in [1.807, 2.05) is 59.5 Å². The number of amides is 1. The second kappa shape index (κ2) is 11.1. The summed E-state index contributed by atoms with van der Waals surface area (Å²) in [7, 11) is 1.59. The molecule has 3 aromatic carbocycles. The molecule has 2 N–H and O–H groups in total. The van der Waals surface area contributed by atoms with Gasteiger partial charge in [0.05, 0.1) is 13.7 Å². The van der Waals surface area contributed by atoms with Gasteiger partial charge >= 0.3 is 0 Å². The first-order valence-electron chi connectivity index (χ1n) is 10.1. The zero-order valence-corrected chi connectivity index (χ0v) is 17.6. The van der Waals surface area contributed by atoms with Gasteiger partial charge in [-0.25, -0.2) is 4.39 Å². The summed E-state index contributed by atoms with van der Waals surface area (Å²) < 4.78 is 24.6. The Balaban J connectivity index is 1.62. The van der Waals surface area contributed by atoms with Crippen molar-refractivity contribution >= 4 is 5.91 Å². The Morgan fingerprint density at radius 3 is 2.42 bits per heavy atom. The lowest BCUT2D eigenvalue weighted by Crippen LogP contribution is -2.34. The first kappa shape index (κ1) is 22.3. The van der Waals surface area contributed by atoms with Crippen LogP contribution < -0.4 is 15.2 Å². The van der Waals surface area contributed by atoms with Crippen LogP contribution in [0, 0.1) is 5.82 Å². The van der Waals surface area contributed by atoms with E-state index < -0.39 is 0 Å². The monoisotopic (exact) mass is 422 g/mol. The molecule has 0 heterocycles. The number of ether oxygens (including phenoxy) is 2. The lowest BCUT2D eigenvalue weighted by atomic mass is 10.1. The van der Waals surface area contributed by atoms with Crippen LogP contribution >= 0.6 is 0 Å². The third kappa shape index (κ3) is 7.12. The van der Waals surface area contributed by atoms with Crippen molar-refractivity contribution in [3.8, 4) is 11.5 Å². The maximum Gasteiger partial charge on any atom is 0.231 e. The molecular formula is C25H27FN2O3.